The van der Waals surface area contributed by atoms with Gasteiger partial charge in [0.25, 0.3) is 0 Å². The molecule has 0 heterocycles. The van der Waals surface area contributed by atoms with E-state index in [1.807, 2.05) is 0 Å². The van der Waals surface area contributed by atoms with Crippen molar-refractivity contribution in [1.29, 1.82) is 0 Å². The zero-order valence-corrected chi connectivity index (χ0v) is 6.07. The third kappa shape index (κ3) is 1.87. The summed E-state index contributed by atoms with van der Waals surface area (Å²) in [5.74, 6) is 0.751. The second-order valence-electron chi connectivity index (χ2n) is 1.93. The molecule has 0 aliphatic heterocycles. The maximum Gasteiger partial charge on any atom is 0.336 e. The lowest BCUT2D eigenvalue weighted by molar-refractivity contribution is 0.415. The van der Waals surface area contributed by atoms with Crippen molar-refractivity contribution in [2.75, 3.05) is 7.11 Å². The molecule has 0 radical (unpaired) electrons. The number of methoxy groups -OCH3 is 1. The molecule has 0 aromatic heterocycles. The molecule has 11 heavy (non-hydrogen) atoms. The minimum atomic E-state index is 0.654. The monoisotopic (exact) mass is 149 g/mol. The van der Waals surface area contributed by atoms with E-state index in [0.29, 0.717) is 5.56 Å². The number of nitrogens with zero attached hydrogens (tertiary/aromatic N) is 1. The van der Waals surface area contributed by atoms with Crippen LogP contribution in [0, 0.1) is 11.3 Å². The molecule has 0 bridgehead atoms. The Kier molecular flexibility index (Phi) is 2.34. The molecule has 3 heteroatoms. The summed E-state index contributed by atoms with van der Waals surface area (Å²) < 4.78 is 4.91. The van der Waals surface area contributed by atoms with Crippen molar-refractivity contribution in [3.05, 3.63) is 40.0 Å². The molecule has 0 atom stereocenters. The highest BCUT2D eigenvalue weighted by molar-refractivity contribution is 5.36. The highest BCUT2D eigenvalue weighted by Gasteiger charge is 1.93. The number of benzene rings is 1. The van der Waals surface area contributed by atoms with Crippen LogP contribution < -0.4 is 4.74 Å². The fourth-order valence-electron chi connectivity index (χ4n) is 0.718. The van der Waals surface area contributed by atoms with Gasteiger partial charge in [0, 0.05) is 5.01 Å². The normalized spacial score (nSPS) is 8.09. The smallest absolute Gasteiger partial charge is 0.336 e. The van der Waals surface area contributed by atoms with E-state index in [9.17, 15) is 5.21 Å². The topological polar surface area (TPSA) is 36.6 Å². The Labute approximate surface area is 64.6 Å². The molecular weight excluding hydrogens is 142 g/mol. The van der Waals surface area contributed by atoms with Crippen LogP contribution in [0.25, 0.3) is 5.01 Å². The van der Waals surface area contributed by atoms with Crippen molar-refractivity contribution in [3.63, 3.8) is 0 Å². The van der Waals surface area contributed by atoms with Crippen molar-refractivity contribution in [1.82, 2.24) is 0 Å². The van der Waals surface area contributed by atoms with E-state index in [0.717, 1.165) is 5.75 Å². The van der Waals surface area contributed by atoms with Crippen molar-refractivity contribution >= 4 is 0 Å². The zero-order chi connectivity index (χ0) is 8.10. The van der Waals surface area contributed by atoms with Gasteiger partial charge in [-0.2, -0.15) is 0 Å². The third-order valence-electron chi connectivity index (χ3n) is 1.26. The van der Waals surface area contributed by atoms with Gasteiger partial charge >= 0.3 is 6.07 Å². The highest BCUT2D eigenvalue weighted by atomic mass is 16.5. The van der Waals surface area contributed by atoms with Gasteiger partial charge in [0.1, 0.15) is 11.3 Å². The lowest BCUT2D eigenvalue weighted by atomic mass is 10.2. The lowest BCUT2D eigenvalue weighted by Crippen LogP contribution is -1.81. The van der Waals surface area contributed by atoms with Crippen LogP contribution in [-0.2, 0) is 0 Å². The molecule has 0 saturated carbocycles. The second-order valence-corrected chi connectivity index (χ2v) is 1.93. The summed E-state index contributed by atoms with van der Waals surface area (Å²) >= 11 is 0. The van der Waals surface area contributed by atoms with Gasteiger partial charge in [-0.1, -0.05) is 0 Å². The van der Waals surface area contributed by atoms with E-state index < -0.39 is 0 Å². The molecule has 0 fully saturated rings. The van der Waals surface area contributed by atoms with Gasteiger partial charge in [-0.25, -0.2) is 0 Å². The van der Waals surface area contributed by atoms with Crippen LogP contribution in [-0.4, -0.2) is 7.11 Å². The molecule has 0 aliphatic rings. The summed E-state index contributed by atoms with van der Waals surface area (Å²) in [5, 5.41) is 12.3. The summed E-state index contributed by atoms with van der Waals surface area (Å²) in [5.41, 5.74) is 0.654. The Balaban J connectivity index is 2.88. The summed E-state index contributed by atoms with van der Waals surface area (Å²) in [4.78, 5) is 0. The fourth-order valence-corrected chi connectivity index (χ4v) is 0.718. The molecule has 0 unspecified atom stereocenters. The van der Waals surface area contributed by atoms with Crippen LogP contribution in [0.15, 0.2) is 24.3 Å². The quantitative estimate of drug-likeness (QED) is 0.571. The molecule has 0 spiro atoms. The molecule has 0 amide bonds. The minimum Gasteiger partial charge on any atom is -0.498 e. The molecule has 0 saturated heterocycles. The fraction of sp³-hybridized carbons (Fsp3) is 0.125. The molecule has 56 valence electrons. The third-order valence-corrected chi connectivity index (χ3v) is 1.26. The van der Waals surface area contributed by atoms with Crippen LogP contribution in [0.5, 0.6) is 5.75 Å². The first-order chi connectivity index (χ1) is 5.36. The molecule has 0 aliphatic carbocycles. The summed E-state index contributed by atoms with van der Waals surface area (Å²) in [6.07, 6.45) is 0. The molecule has 0 N–H and O–H groups in total. The minimum absolute atomic E-state index is 0.654. The van der Waals surface area contributed by atoms with E-state index in [-0.39, 0.29) is 0 Å². The zero-order valence-electron chi connectivity index (χ0n) is 6.07. The number of rotatable bonds is 1. The van der Waals surface area contributed by atoms with E-state index in [4.69, 9.17) is 4.74 Å². The van der Waals surface area contributed by atoms with Gasteiger partial charge in [-0.05, 0) is 24.3 Å². The van der Waals surface area contributed by atoms with Crippen LogP contribution in [0.1, 0.15) is 5.56 Å². The van der Waals surface area contributed by atoms with Gasteiger partial charge in [0.05, 0.1) is 7.11 Å². The lowest BCUT2D eigenvalue weighted by Gasteiger charge is -1.95. The Morgan fingerprint density at radius 1 is 1.36 bits per heavy atom. The van der Waals surface area contributed by atoms with E-state index in [1.165, 1.54) is 0 Å². The van der Waals surface area contributed by atoms with Gasteiger partial charge in [0.2, 0.25) is 0 Å². The summed E-state index contributed by atoms with van der Waals surface area (Å²) in [6, 6.07) is 9.18. The van der Waals surface area contributed by atoms with Crippen molar-refractivity contribution in [2.24, 2.45) is 0 Å². The maximum absolute atomic E-state index is 9.74. The highest BCUT2D eigenvalue weighted by Crippen LogP contribution is 2.09. The average Bonchev–Trinajstić information content (AvgIpc) is 2.07. The van der Waals surface area contributed by atoms with Crippen molar-refractivity contribution in [2.45, 2.75) is 0 Å². The van der Waals surface area contributed by atoms with Gasteiger partial charge in [-0.3, -0.25) is 0 Å². The van der Waals surface area contributed by atoms with E-state index in [1.54, 1.807) is 31.4 Å². The molecule has 1 aromatic carbocycles. The standard InChI is InChI=1S/C8H7NO2/c1-11-8-4-2-7(3-5-8)6-9-10/h2-5H,1H3. The molecular formula is C8H7NO2. The first kappa shape index (κ1) is 7.42. The Morgan fingerprint density at radius 2 is 2.00 bits per heavy atom. The predicted molar refractivity (Wildman–Crippen MR) is 42.7 cm³/mol. The van der Waals surface area contributed by atoms with Gasteiger partial charge in [-0.15, -0.1) is 0 Å². The molecule has 3 nitrogen and oxygen atoms in total. The van der Waals surface area contributed by atoms with Crippen LogP contribution in [0.2, 0.25) is 0 Å². The maximum atomic E-state index is 9.74. The van der Waals surface area contributed by atoms with Crippen LogP contribution in [0.4, 0.5) is 0 Å². The number of hydrogen-bond acceptors (Lipinski definition) is 2. The van der Waals surface area contributed by atoms with Crippen molar-refractivity contribution in [3.8, 4) is 11.8 Å². The summed E-state index contributed by atoms with van der Waals surface area (Å²) in [6.45, 7) is 0. The average molecular weight is 149 g/mol. The SMILES string of the molecule is COc1ccc(C#[N+][O-])cc1. The van der Waals surface area contributed by atoms with E-state index >= 15 is 0 Å². The largest absolute Gasteiger partial charge is 0.498 e. The molecule has 1 aromatic rings. The second kappa shape index (κ2) is 3.47. The van der Waals surface area contributed by atoms with E-state index in [2.05, 4.69) is 11.1 Å². The van der Waals surface area contributed by atoms with Crippen molar-refractivity contribution < 1.29 is 4.74 Å². The van der Waals surface area contributed by atoms with Crippen LogP contribution in [0.3, 0.4) is 0 Å². The first-order valence-electron chi connectivity index (χ1n) is 3.09. The van der Waals surface area contributed by atoms with Gasteiger partial charge in [0.15, 0.2) is 0 Å². The number of hydrogen-bond donors (Lipinski definition) is 0. The predicted octanol–water partition coefficient (Wildman–Crippen LogP) is 1.87. The summed E-state index contributed by atoms with van der Waals surface area (Å²) in [7, 11) is 1.58. The van der Waals surface area contributed by atoms with Gasteiger partial charge < -0.3 is 9.94 Å². The Morgan fingerprint density at radius 3 is 2.45 bits per heavy atom. The Bertz CT molecular complexity index is 281. The first-order valence-corrected chi connectivity index (χ1v) is 3.09. The van der Waals surface area contributed by atoms with Crippen LogP contribution >= 0.6 is 0 Å². The molecule has 1 rings (SSSR count). The number of ether oxygens (including phenoxy) is 1. The Hall–Kier alpha value is -1.69.